The summed E-state index contributed by atoms with van der Waals surface area (Å²) in [7, 11) is 1.66. The Balaban J connectivity index is 4.01. The molecule has 3 nitrogen and oxygen atoms in total. The SMILES string of the molecule is COCCC(C)C(C)(C)CC(=O)O. The van der Waals surface area contributed by atoms with Crippen molar-refractivity contribution in [1.29, 1.82) is 0 Å². The van der Waals surface area contributed by atoms with Gasteiger partial charge >= 0.3 is 5.97 Å². The minimum atomic E-state index is -0.728. The maximum atomic E-state index is 10.6. The van der Waals surface area contributed by atoms with Gasteiger partial charge in [-0.2, -0.15) is 0 Å². The Labute approximate surface area is 80.1 Å². The third-order valence-electron chi connectivity index (χ3n) is 2.70. The molecule has 0 aliphatic rings. The van der Waals surface area contributed by atoms with Crippen LogP contribution in [0.4, 0.5) is 0 Å². The van der Waals surface area contributed by atoms with Crippen LogP contribution in [0.2, 0.25) is 0 Å². The second-order valence-corrected chi connectivity index (χ2v) is 4.24. The average molecular weight is 188 g/mol. The van der Waals surface area contributed by atoms with E-state index in [1.165, 1.54) is 0 Å². The molecule has 3 heteroatoms. The van der Waals surface area contributed by atoms with Crippen molar-refractivity contribution in [3.05, 3.63) is 0 Å². The monoisotopic (exact) mass is 188 g/mol. The number of hydrogen-bond acceptors (Lipinski definition) is 2. The van der Waals surface area contributed by atoms with Gasteiger partial charge in [0.1, 0.15) is 0 Å². The zero-order valence-corrected chi connectivity index (χ0v) is 8.96. The summed E-state index contributed by atoms with van der Waals surface area (Å²) in [5.74, 6) is -0.363. The van der Waals surface area contributed by atoms with Crippen LogP contribution in [-0.4, -0.2) is 24.8 Å². The molecular formula is C10H20O3. The van der Waals surface area contributed by atoms with Gasteiger partial charge in [0.15, 0.2) is 0 Å². The standard InChI is InChI=1S/C10H20O3/c1-8(5-6-13-4)10(2,3)7-9(11)12/h8H,5-7H2,1-4H3,(H,11,12). The van der Waals surface area contributed by atoms with Crippen LogP contribution < -0.4 is 0 Å². The number of ether oxygens (including phenoxy) is 1. The molecule has 13 heavy (non-hydrogen) atoms. The summed E-state index contributed by atoms with van der Waals surface area (Å²) in [5.41, 5.74) is -0.148. The quantitative estimate of drug-likeness (QED) is 0.694. The van der Waals surface area contributed by atoms with Gasteiger partial charge in [-0.25, -0.2) is 0 Å². The van der Waals surface area contributed by atoms with Gasteiger partial charge in [0.05, 0.1) is 6.42 Å². The molecule has 0 aromatic heterocycles. The van der Waals surface area contributed by atoms with E-state index in [1.807, 2.05) is 13.8 Å². The summed E-state index contributed by atoms with van der Waals surface area (Å²) in [6.45, 7) is 6.75. The number of aliphatic carboxylic acids is 1. The van der Waals surface area contributed by atoms with Gasteiger partial charge in [0, 0.05) is 13.7 Å². The lowest BCUT2D eigenvalue weighted by Crippen LogP contribution is -2.26. The third kappa shape index (κ3) is 4.88. The van der Waals surface area contributed by atoms with Gasteiger partial charge in [-0.05, 0) is 17.8 Å². The van der Waals surface area contributed by atoms with Crippen LogP contribution in [0.5, 0.6) is 0 Å². The Bertz CT molecular complexity index is 164. The molecule has 0 saturated heterocycles. The summed E-state index contributed by atoms with van der Waals surface area (Å²) in [4.78, 5) is 10.6. The molecule has 1 N–H and O–H groups in total. The molecule has 1 atom stereocenters. The fourth-order valence-electron chi connectivity index (χ4n) is 1.25. The Kier molecular flexibility index (Phi) is 4.99. The van der Waals surface area contributed by atoms with Crippen LogP contribution in [0.15, 0.2) is 0 Å². The van der Waals surface area contributed by atoms with Crippen molar-refractivity contribution in [2.24, 2.45) is 11.3 Å². The minimum absolute atomic E-state index is 0.148. The van der Waals surface area contributed by atoms with E-state index in [4.69, 9.17) is 9.84 Å². The zero-order chi connectivity index (χ0) is 10.5. The summed E-state index contributed by atoms with van der Waals surface area (Å²) in [6.07, 6.45) is 1.13. The summed E-state index contributed by atoms with van der Waals surface area (Å²) >= 11 is 0. The largest absolute Gasteiger partial charge is 0.481 e. The van der Waals surface area contributed by atoms with Crippen molar-refractivity contribution in [3.63, 3.8) is 0 Å². The van der Waals surface area contributed by atoms with Crippen molar-refractivity contribution < 1.29 is 14.6 Å². The van der Waals surface area contributed by atoms with E-state index >= 15 is 0 Å². The molecule has 0 spiro atoms. The van der Waals surface area contributed by atoms with Crippen LogP contribution in [0.25, 0.3) is 0 Å². The van der Waals surface area contributed by atoms with Crippen molar-refractivity contribution >= 4 is 5.97 Å². The molecule has 0 aliphatic carbocycles. The van der Waals surface area contributed by atoms with Crippen LogP contribution in [0, 0.1) is 11.3 Å². The van der Waals surface area contributed by atoms with E-state index in [9.17, 15) is 4.79 Å². The van der Waals surface area contributed by atoms with Crippen LogP contribution in [-0.2, 0) is 9.53 Å². The first kappa shape index (κ1) is 12.4. The number of methoxy groups -OCH3 is 1. The summed E-state index contributed by atoms with van der Waals surface area (Å²) in [5, 5.41) is 8.69. The normalized spacial score (nSPS) is 14.2. The average Bonchev–Trinajstić information content (AvgIpc) is 1.97. The van der Waals surface area contributed by atoms with Crippen LogP contribution in [0.3, 0.4) is 0 Å². The molecular weight excluding hydrogens is 168 g/mol. The molecule has 0 amide bonds. The molecule has 0 heterocycles. The Morgan fingerprint density at radius 2 is 2.08 bits per heavy atom. The fraction of sp³-hybridized carbons (Fsp3) is 0.900. The number of carbonyl (C=O) groups is 1. The first-order chi connectivity index (χ1) is 5.90. The molecule has 0 radical (unpaired) electrons. The maximum absolute atomic E-state index is 10.6. The van der Waals surface area contributed by atoms with E-state index < -0.39 is 5.97 Å². The molecule has 0 fully saturated rings. The second kappa shape index (κ2) is 5.22. The minimum Gasteiger partial charge on any atom is -0.481 e. The lowest BCUT2D eigenvalue weighted by Gasteiger charge is -2.30. The highest BCUT2D eigenvalue weighted by Gasteiger charge is 2.28. The van der Waals surface area contributed by atoms with Crippen molar-refractivity contribution in [1.82, 2.24) is 0 Å². The lowest BCUT2D eigenvalue weighted by atomic mass is 9.76. The highest BCUT2D eigenvalue weighted by atomic mass is 16.5. The molecule has 0 bridgehead atoms. The predicted molar refractivity (Wildman–Crippen MR) is 51.7 cm³/mol. The topological polar surface area (TPSA) is 46.5 Å². The molecule has 0 rings (SSSR count). The fourth-order valence-corrected chi connectivity index (χ4v) is 1.25. The summed E-state index contributed by atoms with van der Waals surface area (Å²) in [6, 6.07) is 0. The van der Waals surface area contributed by atoms with Crippen molar-refractivity contribution in [2.75, 3.05) is 13.7 Å². The molecule has 0 aliphatic heterocycles. The number of hydrogen-bond donors (Lipinski definition) is 1. The second-order valence-electron chi connectivity index (χ2n) is 4.24. The van der Waals surface area contributed by atoms with Crippen molar-refractivity contribution in [2.45, 2.75) is 33.6 Å². The van der Waals surface area contributed by atoms with E-state index in [-0.39, 0.29) is 11.8 Å². The van der Waals surface area contributed by atoms with E-state index in [2.05, 4.69) is 6.92 Å². The molecule has 1 unspecified atom stereocenters. The number of rotatable bonds is 6. The van der Waals surface area contributed by atoms with E-state index in [1.54, 1.807) is 7.11 Å². The van der Waals surface area contributed by atoms with Crippen LogP contribution >= 0.6 is 0 Å². The lowest BCUT2D eigenvalue weighted by molar-refractivity contribution is -0.140. The smallest absolute Gasteiger partial charge is 0.303 e. The Morgan fingerprint density at radius 3 is 2.46 bits per heavy atom. The Morgan fingerprint density at radius 1 is 1.54 bits per heavy atom. The van der Waals surface area contributed by atoms with E-state index in [0.717, 1.165) is 6.42 Å². The predicted octanol–water partition coefficient (Wildman–Crippen LogP) is 2.16. The number of carboxylic acids is 1. The highest BCUT2D eigenvalue weighted by molar-refractivity contribution is 5.67. The molecule has 0 saturated carbocycles. The Hall–Kier alpha value is -0.570. The van der Waals surface area contributed by atoms with Crippen LogP contribution in [0.1, 0.15) is 33.6 Å². The van der Waals surface area contributed by atoms with Gasteiger partial charge in [-0.1, -0.05) is 20.8 Å². The molecule has 78 valence electrons. The van der Waals surface area contributed by atoms with Gasteiger partial charge in [0.25, 0.3) is 0 Å². The van der Waals surface area contributed by atoms with Gasteiger partial charge < -0.3 is 9.84 Å². The molecule has 0 aromatic carbocycles. The number of carboxylic acid groups (broad SMARTS) is 1. The zero-order valence-electron chi connectivity index (χ0n) is 8.96. The first-order valence-electron chi connectivity index (χ1n) is 4.61. The van der Waals surface area contributed by atoms with Crippen molar-refractivity contribution in [3.8, 4) is 0 Å². The molecule has 0 aromatic rings. The van der Waals surface area contributed by atoms with Gasteiger partial charge in [0.2, 0.25) is 0 Å². The van der Waals surface area contributed by atoms with Gasteiger partial charge in [-0.3, -0.25) is 4.79 Å². The van der Waals surface area contributed by atoms with Gasteiger partial charge in [-0.15, -0.1) is 0 Å². The third-order valence-corrected chi connectivity index (χ3v) is 2.70. The highest BCUT2D eigenvalue weighted by Crippen LogP contribution is 2.32. The van der Waals surface area contributed by atoms with E-state index in [0.29, 0.717) is 12.5 Å². The summed E-state index contributed by atoms with van der Waals surface area (Å²) < 4.78 is 4.97. The maximum Gasteiger partial charge on any atom is 0.303 e. The first-order valence-corrected chi connectivity index (χ1v) is 4.61.